The lowest BCUT2D eigenvalue weighted by Gasteiger charge is -2.02. The van der Waals surface area contributed by atoms with Gasteiger partial charge in [-0.05, 0) is 5.56 Å². The Hall–Kier alpha value is -3.17. The molecule has 0 saturated heterocycles. The average molecular weight is 325 g/mol. The van der Waals surface area contributed by atoms with E-state index in [-0.39, 0.29) is 0 Å². The average Bonchev–Trinajstić information content (AvgIpc) is 3.15. The van der Waals surface area contributed by atoms with Crippen LogP contribution in [0.2, 0.25) is 0 Å². The van der Waals surface area contributed by atoms with Crippen molar-refractivity contribution in [1.82, 2.24) is 9.97 Å². The van der Waals surface area contributed by atoms with Crippen LogP contribution in [0.15, 0.2) is 84.9 Å². The Morgan fingerprint density at radius 2 is 1.28 bits per heavy atom. The third-order valence-corrected chi connectivity index (χ3v) is 4.28. The Kier molecular flexibility index (Phi) is 4.15. The summed E-state index contributed by atoms with van der Waals surface area (Å²) in [5.41, 5.74) is 12.1. The van der Waals surface area contributed by atoms with Gasteiger partial charge >= 0.3 is 0 Å². The number of rotatable bonds is 4. The number of nitrogens with zero attached hydrogens (tertiary/aromatic N) is 1. The summed E-state index contributed by atoms with van der Waals surface area (Å²) in [4.78, 5) is 8.40. The minimum Gasteiger partial charge on any atom is -0.337 e. The SMILES string of the molecule is NCc1ccc(-c2nc(-c3ccccc3)c(-c3ccccc3)[nH]2)cc1. The van der Waals surface area contributed by atoms with E-state index in [1.165, 1.54) is 0 Å². The number of hydrogen-bond donors (Lipinski definition) is 2. The lowest BCUT2D eigenvalue weighted by atomic mass is 10.1. The van der Waals surface area contributed by atoms with Crippen LogP contribution in [0, 0.1) is 0 Å². The predicted octanol–water partition coefficient (Wildman–Crippen LogP) is 4.87. The second-order valence-electron chi connectivity index (χ2n) is 5.94. The van der Waals surface area contributed by atoms with Gasteiger partial charge in [0.2, 0.25) is 0 Å². The van der Waals surface area contributed by atoms with Crippen molar-refractivity contribution in [3.8, 4) is 33.9 Å². The first kappa shape index (κ1) is 15.4. The van der Waals surface area contributed by atoms with Crippen LogP contribution in [-0.2, 0) is 6.54 Å². The number of nitrogens with one attached hydrogen (secondary N) is 1. The molecule has 3 nitrogen and oxygen atoms in total. The highest BCUT2D eigenvalue weighted by Gasteiger charge is 2.14. The maximum atomic E-state index is 5.70. The van der Waals surface area contributed by atoms with Crippen LogP contribution < -0.4 is 5.73 Å². The molecule has 4 rings (SSSR count). The molecule has 0 amide bonds. The van der Waals surface area contributed by atoms with Crippen molar-refractivity contribution in [2.45, 2.75) is 6.54 Å². The van der Waals surface area contributed by atoms with E-state index < -0.39 is 0 Å². The molecule has 0 radical (unpaired) electrons. The molecule has 0 spiro atoms. The summed E-state index contributed by atoms with van der Waals surface area (Å²) in [7, 11) is 0. The van der Waals surface area contributed by atoms with Crippen LogP contribution in [0.1, 0.15) is 5.56 Å². The molecule has 0 aliphatic rings. The topological polar surface area (TPSA) is 54.7 Å². The molecular weight excluding hydrogens is 306 g/mol. The van der Waals surface area contributed by atoms with Gasteiger partial charge in [0.25, 0.3) is 0 Å². The maximum absolute atomic E-state index is 5.70. The summed E-state index contributed by atoms with van der Waals surface area (Å²) >= 11 is 0. The molecule has 3 N–H and O–H groups in total. The number of imidazole rings is 1. The van der Waals surface area contributed by atoms with Gasteiger partial charge in [0, 0.05) is 23.2 Å². The fourth-order valence-electron chi connectivity index (χ4n) is 2.93. The van der Waals surface area contributed by atoms with Crippen LogP contribution in [0.25, 0.3) is 33.9 Å². The molecule has 0 aliphatic heterocycles. The van der Waals surface area contributed by atoms with Gasteiger partial charge < -0.3 is 10.7 Å². The highest BCUT2D eigenvalue weighted by molar-refractivity contribution is 5.81. The molecule has 0 fully saturated rings. The van der Waals surface area contributed by atoms with Crippen LogP contribution >= 0.6 is 0 Å². The number of aromatic amines is 1. The third-order valence-electron chi connectivity index (χ3n) is 4.28. The van der Waals surface area contributed by atoms with Crippen molar-refractivity contribution < 1.29 is 0 Å². The van der Waals surface area contributed by atoms with Crippen LogP contribution in [0.5, 0.6) is 0 Å². The first-order chi connectivity index (χ1) is 12.3. The van der Waals surface area contributed by atoms with Crippen LogP contribution in [0.3, 0.4) is 0 Å². The Morgan fingerprint density at radius 3 is 1.88 bits per heavy atom. The zero-order valence-electron chi connectivity index (χ0n) is 13.8. The molecule has 0 saturated carbocycles. The van der Waals surface area contributed by atoms with Crippen molar-refractivity contribution in [3.05, 3.63) is 90.5 Å². The van der Waals surface area contributed by atoms with E-state index in [4.69, 9.17) is 10.7 Å². The fourth-order valence-corrected chi connectivity index (χ4v) is 2.93. The molecule has 0 aliphatic carbocycles. The van der Waals surface area contributed by atoms with Gasteiger partial charge in [-0.2, -0.15) is 0 Å². The summed E-state index contributed by atoms with van der Waals surface area (Å²) in [5, 5.41) is 0. The highest BCUT2D eigenvalue weighted by Crippen LogP contribution is 2.32. The second-order valence-corrected chi connectivity index (χ2v) is 5.94. The highest BCUT2D eigenvalue weighted by atomic mass is 14.9. The van der Waals surface area contributed by atoms with E-state index in [2.05, 4.69) is 41.4 Å². The Bertz CT molecular complexity index is 898. The smallest absolute Gasteiger partial charge is 0.138 e. The van der Waals surface area contributed by atoms with Crippen molar-refractivity contribution >= 4 is 0 Å². The van der Waals surface area contributed by atoms with E-state index in [0.717, 1.165) is 39.5 Å². The first-order valence-corrected chi connectivity index (χ1v) is 8.35. The number of hydrogen-bond acceptors (Lipinski definition) is 2. The summed E-state index contributed by atoms with van der Waals surface area (Å²) in [6.45, 7) is 0.545. The maximum Gasteiger partial charge on any atom is 0.138 e. The van der Waals surface area contributed by atoms with Gasteiger partial charge in [0.15, 0.2) is 0 Å². The lowest BCUT2D eigenvalue weighted by molar-refractivity contribution is 1.07. The van der Waals surface area contributed by atoms with Gasteiger partial charge in [-0.3, -0.25) is 0 Å². The molecule has 0 bridgehead atoms. The first-order valence-electron chi connectivity index (χ1n) is 8.35. The minimum absolute atomic E-state index is 0.545. The van der Waals surface area contributed by atoms with Crippen molar-refractivity contribution in [2.75, 3.05) is 0 Å². The summed E-state index contributed by atoms with van der Waals surface area (Å²) in [6.07, 6.45) is 0. The van der Waals surface area contributed by atoms with Gasteiger partial charge in [-0.25, -0.2) is 4.98 Å². The Balaban J connectivity index is 1.86. The molecular formula is C22H19N3. The van der Waals surface area contributed by atoms with Crippen LogP contribution in [0.4, 0.5) is 0 Å². The second kappa shape index (κ2) is 6.75. The third kappa shape index (κ3) is 3.10. The molecule has 1 aromatic heterocycles. The number of aromatic nitrogens is 2. The summed E-state index contributed by atoms with van der Waals surface area (Å²) in [5.74, 6) is 0.862. The van der Waals surface area contributed by atoms with E-state index in [1.807, 2.05) is 48.5 Å². The Morgan fingerprint density at radius 1 is 0.680 bits per heavy atom. The molecule has 3 aromatic carbocycles. The van der Waals surface area contributed by atoms with Gasteiger partial charge in [-0.15, -0.1) is 0 Å². The van der Waals surface area contributed by atoms with Gasteiger partial charge in [0.05, 0.1) is 11.4 Å². The lowest BCUT2D eigenvalue weighted by Crippen LogP contribution is -1.95. The van der Waals surface area contributed by atoms with Gasteiger partial charge in [0.1, 0.15) is 5.82 Å². The quantitative estimate of drug-likeness (QED) is 0.562. The van der Waals surface area contributed by atoms with Crippen molar-refractivity contribution in [3.63, 3.8) is 0 Å². The monoisotopic (exact) mass is 325 g/mol. The number of H-pyrrole nitrogens is 1. The molecule has 0 unspecified atom stereocenters. The summed E-state index contributed by atoms with van der Waals surface area (Å²) < 4.78 is 0. The van der Waals surface area contributed by atoms with Crippen molar-refractivity contribution in [2.24, 2.45) is 5.73 Å². The molecule has 1 heterocycles. The van der Waals surface area contributed by atoms with Crippen LogP contribution in [-0.4, -0.2) is 9.97 Å². The molecule has 25 heavy (non-hydrogen) atoms. The number of benzene rings is 3. The predicted molar refractivity (Wildman–Crippen MR) is 103 cm³/mol. The van der Waals surface area contributed by atoms with Crippen molar-refractivity contribution in [1.29, 1.82) is 0 Å². The normalized spacial score (nSPS) is 10.8. The molecule has 3 heteroatoms. The Labute approximate surface area is 147 Å². The summed E-state index contributed by atoms with van der Waals surface area (Å²) in [6, 6.07) is 28.8. The standard InChI is InChI=1S/C22H19N3/c23-15-16-11-13-19(14-12-16)22-24-20(17-7-3-1-4-8-17)21(25-22)18-9-5-2-6-10-18/h1-14H,15,23H2,(H,24,25). The van der Waals surface area contributed by atoms with E-state index in [0.29, 0.717) is 6.54 Å². The molecule has 0 atom stereocenters. The number of nitrogens with two attached hydrogens (primary N) is 1. The fraction of sp³-hybridized carbons (Fsp3) is 0.0455. The minimum atomic E-state index is 0.545. The zero-order valence-corrected chi connectivity index (χ0v) is 13.8. The van der Waals surface area contributed by atoms with Gasteiger partial charge in [-0.1, -0.05) is 84.9 Å². The van der Waals surface area contributed by atoms with E-state index in [1.54, 1.807) is 0 Å². The molecule has 4 aromatic rings. The zero-order chi connectivity index (χ0) is 17.1. The largest absolute Gasteiger partial charge is 0.337 e. The van der Waals surface area contributed by atoms with E-state index in [9.17, 15) is 0 Å². The molecule has 122 valence electrons. The van der Waals surface area contributed by atoms with E-state index >= 15 is 0 Å².